The van der Waals surface area contributed by atoms with Gasteiger partial charge in [-0.3, -0.25) is 0 Å². The van der Waals surface area contributed by atoms with E-state index in [4.69, 9.17) is 29.8 Å². The number of amidine groups is 1. The maximum Gasteiger partial charge on any atom is 0.351 e. The first-order chi connectivity index (χ1) is 16.8. The molecule has 3 rings (SSSR count). The predicted molar refractivity (Wildman–Crippen MR) is 120 cm³/mol. The average Bonchev–Trinajstić information content (AvgIpc) is 2.85. The molecule has 1 atom stereocenters. The van der Waals surface area contributed by atoms with Gasteiger partial charge in [0, 0.05) is 18.7 Å². The molecule has 1 aromatic carbocycles. The van der Waals surface area contributed by atoms with E-state index >= 15 is 0 Å². The van der Waals surface area contributed by atoms with Gasteiger partial charge in [-0.25, -0.2) is 28.5 Å². The summed E-state index contributed by atoms with van der Waals surface area (Å²) in [5, 5.41) is 11.9. The third-order valence-electron chi connectivity index (χ3n) is 4.89. The Bertz CT molecular complexity index is 1080. The summed E-state index contributed by atoms with van der Waals surface area (Å²) in [7, 11) is 2.49. The molecule has 1 saturated heterocycles. The second kappa shape index (κ2) is 11.9. The number of aliphatic imine (C=N–C) groups is 1. The van der Waals surface area contributed by atoms with Gasteiger partial charge in [0.15, 0.2) is 35.1 Å². The number of rotatable bonds is 9. The fourth-order valence-electron chi connectivity index (χ4n) is 3.08. The lowest BCUT2D eigenvalue weighted by atomic mass is 10.1. The first kappa shape index (κ1) is 25.6. The molecule has 1 fully saturated rings. The Kier molecular flexibility index (Phi) is 8.73. The van der Waals surface area contributed by atoms with Gasteiger partial charge < -0.3 is 35.1 Å². The lowest BCUT2D eigenvalue weighted by Gasteiger charge is -2.19. The van der Waals surface area contributed by atoms with Crippen LogP contribution < -0.4 is 25.3 Å². The second-order valence-electron chi connectivity index (χ2n) is 7.28. The Morgan fingerprint density at radius 1 is 1.26 bits per heavy atom. The summed E-state index contributed by atoms with van der Waals surface area (Å²) in [5.74, 6) is -3.27. The van der Waals surface area contributed by atoms with Gasteiger partial charge in [-0.1, -0.05) is 0 Å². The number of ether oxygens (including phenoxy) is 4. The molecule has 0 radical (unpaired) electrons. The van der Waals surface area contributed by atoms with E-state index in [1.54, 1.807) is 0 Å². The number of carbonyl (C=O) groups is 1. The van der Waals surface area contributed by atoms with Crippen LogP contribution in [0.4, 0.5) is 14.7 Å². The number of hydrogen-bond donors (Lipinski definition) is 3. The molecular weight excluding hydrogens is 468 g/mol. The van der Waals surface area contributed by atoms with E-state index in [0.717, 1.165) is 25.0 Å². The van der Waals surface area contributed by atoms with E-state index < -0.39 is 36.1 Å². The molecule has 1 aliphatic heterocycles. The molecule has 0 aliphatic carbocycles. The van der Waals surface area contributed by atoms with Gasteiger partial charge in [0.2, 0.25) is 5.95 Å². The maximum absolute atomic E-state index is 14.5. The van der Waals surface area contributed by atoms with Crippen molar-refractivity contribution >= 4 is 17.8 Å². The summed E-state index contributed by atoms with van der Waals surface area (Å²) in [4.78, 5) is 23.6. The molecule has 11 nitrogen and oxygen atoms in total. The molecule has 1 aromatic heterocycles. The zero-order chi connectivity index (χ0) is 25.4. The first-order valence-corrected chi connectivity index (χ1v) is 10.5. The van der Waals surface area contributed by atoms with Crippen LogP contribution in [0.15, 0.2) is 35.2 Å². The molecular formula is C22H25F2N5O6. The minimum atomic E-state index is -1.32. The van der Waals surface area contributed by atoms with Crippen LogP contribution in [-0.2, 0) is 16.1 Å². The van der Waals surface area contributed by atoms with Crippen molar-refractivity contribution in [1.82, 2.24) is 9.97 Å². The zero-order valence-corrected chi connectivity index (χ0v) is 19.1. The predicted octanol–water partition coefficient (Wildman–Crippen LogP) is 2.62. The Balaban J connectivity index is 1.74. The Hall–Kier alpha value is -4.00. The smallest absolute Gasteiger partial charge is 0.351 e. The molecule has 4 N–H and O–H groups in total. The molecule has 0 saturated carbocycles. The first-order valence-electron chi connectivity index (χ1n) is 10.5. The number of carboxylic acids is 1. The van der Waals surface area contributed by atoms with E-state index in [2.05, 4.69) is 20.3 Å². The molecule has 1 aliphatic rings. The van der Waals surface area contributed by atoms with E-state index in [1.807, 2.05) is 0 Å². The molecule has 2 aromatic rings. The van der Waals surface area contributed by atoms with Crippen LogP contribution in [0.3, 0.4) is 0 Å². The molecule has 1 unspecified atom stereocenters. The average molecular weight is 493 g/mol. The van der Waals surface area contributed by atoms with E-state index in [-0.39, 0.29) is 34.6 Å². The normalized spacial score (nSPS) is 16.5. The van der Waals surface area contributed by atoms with Crippen LogP contribution in [0.5, 0.6) is 17.2 Å². The van der Waals surface area contributed by atoms with Gasteiger partial charge in [-0.2, -0.15) is 0 Å². The van der Waals surface area contributed by atoms with Crippen molar-refractivity contribution in [2.45, 2.75) is 32.1 Å². The standard InChI is InChI=1S/C22H25F2N5O6/c1-32-15-8-16(33-2)20(24)13(19(15)23)11-35-12-9-26-22(27-10-12)29-17(7-14(25)21(30)31)28-18-5-3-4-6-34-18/h7-10,18H,3-6,11,25H2,1-2H3,(H,30,31)(H,26,27,28,29)/b14-7-. The molecule has 35 heavy (non-hydrogen) atoms. The van der Waals surface area contributed by atoms with Crippen LogP contribution in [0, 0.1) is 11.6 Å². The zero-order valence-electron chi connectivity index (χ0n) is 19.1. The number of benzene rings is 1. The fraction of sp³-hybridized carbons (Fsp3) is 0.364. The molecule has 13 heteroatoms. The van der Waals surface area contributed by atoms with Crippen molar-refractivity contribution in [2.75, 3.05) is 26.1 Å². The number of anilines is 1. The highest BCUT2D eigenvalue weighted by Gasteiger charge is 2.21. The van der Waals surface area contributed by atoms with Crippen LogP contribution in [0.25, 0.3) is 0 Å². The highest BCUT2D eigenvalue weighted by Crippen LogP contribution is 2.32. The van der Waals surface area contributed by atoms with Crippen LogP contribution in [0.2, 0.25) is 0 Å². The molecule has 2 heterocycles. The Morgan fingerprint density at radius 2 is 1.91 bits per heavy atom. The summed E-state index contributed by atoms with van der Waals surface area (Å²) in [6.07, 6.45) is 5.71. The minimum absolute atomic E-state index is 0.0572. The molecule has 188 valence electrons. The Labute approximate surface area is 199 Å². The van der Waals surface area contributed by atoms with E-state index in [1.165, 1.54) is 26.6 Å². The van der Waals surface area contributed by atoms with Crippen molar-refractivity contribution in [3.05, 3.63) is 47.4 Å². The monoisotopic (exact) mass is 493 g/mol. The minimum Gasteiger partial charge on any atom is -0.494 e. The van der Waals surface area contributed by atoms with Crippen molar-refractivity contribution in [3.8, 4) is 17.2 Å². The molecule has 0 amide bonds. The summed E-state index contributed by atoms with van der Waals surface area (Å²) in [6.45, 7) is 0.0629. The maximum atomic E-state index is 14.5. The largest absolute Gasteiger partial charge is 0.494 e. The summed E-state index contributed by atoms with van der Waals surface area (Å²) < 4.78 is 49.8. The number of halogens is 2. The number of nitrogens with zero attached hydrogens (tertiary/aromatic N) is 3. The van der Waals surface area contributed by atoms with Gasteiger partial charge in [0.25, 0.3) is 0 Å². The number of aliphatic carboxylic acids is 1. The fourth-order valence-corrected chi connectivity index (χ4v) is 3.08. The second-order valence-corrected chi connectivity index (χ2v) is 7.28. The third kappa shape index (κ3) is 6.76. The number of nitrogens with one attached hydrogen (secondary N) is 1. The Morgan fingerprint density at radius 3 is 2.46 bits per heavy atom. The number of methoxy groups -OCH3 is 2. The van der Waals surface area contributed by atoms with Crippen molar-refractivity contribution in [1.29, 1.82) is 0 Å². The van der Waals surface area contributed by atoms with Gasteiger partial charge in [0.05, 0.1) is 32.2 Å². The highest BCUT2D eigenvalue weighted by atomic mass is 19.1. The third-order valence-corrected chi connectivity index (χ3v) is 4.89. The van der Waals surface area contributed by atoms with Crippen LogP contribution >= 0.6 is 0 Å². The van der Waals surface area contributed by atoms with Crippen molar-refractivity contribution < 1.29 is 37.6 Å². The molecule has 0 spiro atoms. The van der Waals surface area contributed by atoms with Gasteiger partial charge in [0.1, 0.15) is 18.1 Å². The lowest BCUT2D eigenvalue weighted by Crippen LogP contribution is -2.23. The van der Waals surface area contributed by atoms with Crippen molar-refractivity contribution in [2.24, 2.45) is 10.7 Å². The topological polar surface area (TPSA) is 150 Å². The summed E-state index contributed by atoms with van der Waals surface area (Å²) >= 11 is 0. The quantitative estimate of drug-likeness (QED) is 0.270. The number of nitrogens with two attached hydrogens (primary N) is 1. The van der Waals surface area contributed by atoms with E-state index in [0.29, 0.717) is 13.0 Å². The number of carboxylic acid groups (broad SMARTS) is 1. The molecule has 0 bridgehead atoms. The number of hydrogen-bond acceptors (Lipinski definition) is 9. The lowest BCUT2D eigenvalue weighted by molar-refractivity contribution is -0.132. The SMILES string of the molecule is COc1cc(OC)c(F)c(COc2cnc(NC(/C=C(\N)C(=O)O)=N\C3CCCCO3)nc2)c1F. The summed E-state index contributed by atoms with van der Waals surface area (Å²) in [6, 6.07) is 1.10. The number of aromatic nitrogens is 2. The van der Waals surface area contributed by atoms with Gasteiger partial charge >= 0.3 is 5.97 Å². The van der Waals surface area contributed by atoms with Gasteiger partial charge in [-0.15, -0.1) is 0 Å². The van der Waals surface area contributed by atoms with Gasteiger partial charge in [-0.05, 0) is 19.3 Å². The highest BCUT2D eigenvalue weighted by molar-refractivity contribution is 6.06. The van der Waals surface area contributed by atoms with Crippen LogP contribution in [0.1, 0.15) is 24.8 Å². The van der Waals surface area contributed by atoms with Crippen molar-refractivity contribution in [3.63, 3.8) is 0 Å². The van der Waals surface area contributed by atoms with E-state index in [9.17, 15) is 13.6 Å². The van der Waals surface area contributed by atoms with Crippen LogP contribution in [-0.4, -0.2) is 53.9 Å². The summed E-state index contributed by atoms with van der Waals surface area (Å²) in [5.41, 5.74) is 4.69.